The van der Waals surface area contributed by atoms with Crippen LogP contribution in [0.5, 0.6) is 0 Å². The minimum Gasteiger partial charge on any atom is -1.00 e. The predicted molar refractivity (Wildman–Crippen MR) is 88.3 cm³/mol. The van der Waals surface area contributed by atoms with Crippen LogP contribution in [0, 0.1) is 0 Å². The number of rotatable bonds is 6. The highest BCUT2D eigenvalue weighted by molar-refractivity contribution is 5.93. The summed E-state index contributed by atoms with van der Waals surface area (Å²) in [7, 11) is 0. The molecule has 28 heavy (non-hydrogen) atoms. The average molecular weight is 416 g/mol. The normalized spacial score (nSPS) is 23.3. The SMILES string of the molecule is CC(=O)OC[C@H]1O[C@@H]([n+]2cccc(C(C)=O)c2)[C@@H](OC(C)=O)C1OC(C)=O.[Cl-]. The lowest BCUT2D eigenvalue weighted by Crippen LogP contribution is -3.00. The van der Waals surface area contributed by atoms with Crippen LogP contribution >= 0.6 is 0 Å². The Morgan fingerprint density at radius 3 is 2.14 bits per heavy atom. The summed E-state index contributed by atoms with van der Waals surface area (Å²) in [5, 5.41) is 0. The fourth-order valence-electron chi connectivity index (χ4n) is 2.79. The molecule has 0 N–H and O–H groups in total. The molecule has 10 heteroatoms. The maximum absolute atomic E-state index is 11.7. The van der Waals surface area contributed by atoms with E-state index in [-0.39, 0.29) is 24.8 Å². The van der Waals surface area contributed by atoms with Crippen molar-refractivity contribution in [2.75, 3.05) is 6.61 Å². The van der Waals surface area contributed by atoms with E-state index in [1.807, 2.05) is 0 Å². The summed E-state index contributed by atoms with van der Waals surface area (Å²) in [6.07, 6.45) is -0.517. The Labute approximate surface area is 168 Å². The van der Waals surface area contributed by atoms with Crippen molar-refractivity contribution < 1.29 is 55.1 Å². The van der Waals surface area contributed by atoms with E-state index in [1.54, 1.807) is 29.1 Å². The van der Waals surface area contributed by atoms with Crippen molar-refractivity contribution in [3.05, 3.63) is 30.1 Å². The van der Waals surface area contributed by atoms with Gasteiger partial charge in [0.15, 0.2) is 24.3 Å². The van der Waals surface area contributed by atoms with Gasteiger partial charge in [-0.05, 0) is 13.0 Å². The fraction of sp³-hybridized carbons (Fsp3) is 0.500. The van der Waals surface area contributed by atoms with Crippen LogP contribution in [-0.2, 0) is 33.3 Å². The molecule has 2 rings (SSSR count). The number of carbonyl (C=O) groups excluding carboxylic acids is 4. The zero-order chi connectivity index (χ0) is 20.1. The van der Waals surface area contributed by atoms with Crippen LogP contribution in [0.4, 0.5) is 0 Å². The molecule has 0 aliphatic carbocycles. The Balaban J connectivity index is 0.00000392. The number of ether oxygens (including phenoxy) is 4. The average Bonchev–Trinajstić information content (AvgIpc) is 2.89. The van der Waals surface area contributed by atoms with Gasteiger partial charge in [0, 0.05) is 26.8 Å². The zero-order valence-electron chi connectivity index (χ0n) is 15.9. The Hall–Kier alpha value is -2.52. The summed E-state index contributed by atoms with van der Waals surface area (Å²) >= 11 is 0. The molecular weight excluding hydrogens is 394 g/mol. The molecule has 1 aromatic heterocycles. The van der Waals surface area contributed by atoms with Gasteiger partial charge in [-0.25, -0.2) is 0 Å². The molecule has 0 amide bonds. The molecule has 1 aromatic rings. The van der Waals surface area contributed by atoms with Crippen LogP contribution in [0.15, 0.2) is 24.5 Å². The Morgan fingerprint density at radius 2 is 1.61 bits per heavy atom. The van der Waals surface area contributed by atoms with Gasteiger partial charge in [-0.1, -0.05) is 0 Å². The molecular formula is C18H22ClNO8. The molecule has 1 saturated heterocycles. The first-order valence-electron chi connectivity index (χ1n) is 8.34. The number of carbonyl (C=O) groups is 4. The first-order valence-corrected chi connectivity index (χ1v) is 8.34. The minimum absolute atomic E-state index is 0. The Morgan fingerprint density at radius 1 is 1.00 bits per heavy atom. The fourth-order valence-corrected chi connectivity index (χ4v) is 2.79. The van der Waals surface area contributed by atoms with Crippen LogP contribution in [0.3, 0.4) is 0 Å². The predicted octanol–water partition coefficient (Wildman–Crippen LogP) is -2.50. The number of Topliss-reactive ketones (excluding diaryl/α,β-unsaturated/α-hetero) is 1. The Kier molecular flexibility index (Phi) is 8.52. The number of nitrogens with zero attached hydrogens (tertiary/aromatic N) is 1. The highest BCUT2D eigenvalue weighted by Crippen LogP contribution is 2.31. The van der Waals surface area contributed by atoms with Gasteiger partial charge in [-0.3, -0.25) is 19.2 Å². The molecule has 0 aromatic carbocycles. The van der Waals surface area contributed by atoms with Crippen molar-refractivity contribution in [3.8, 4) is 0 Å². The van der Waals surface area contributed by atoms with Gasteiger partial charge in [-0.2, -0.15) is 4.57 Å². The molecule has 1 aliphatic rings. The third-order valence-electron chi connectivity index (χ3n) is 3.86. The number of halogens is 1. The second kappa shape index (κ2) is 10.1. The molecule has 0 saturated carbocycles. The van der Waals surface area contributed by atoms with Gasteiger partial charge in [-0.15, -0.1) is 0 Å². The summed E-state index contributed by atoms with van der Waals surface area (Å²) in [5.74, 6) is -1.88. The lowest BCUT2D eigenvalue weighted by atomic mass is 10.1. The second-order valence-electron chi connectivity index (χ2n) is 6.11. The van der Waals surface area contributed by atoms with E-state index in [9.17, 15) is 19.2 Å². The van der Waals surface area contributed by atoms with Gasteiger partial charge < -0.3 is 31.4 Å². The molecule has 0 bridgehead atoms. The summed E-state index contributed by atoms with van der Waals surface area (Å²) in [6, 6.07) is 3.28. The maximum atomic E-state index is 11.7. The standard InChI is InChI=1S/C18H22NO8.ClH/c1-10(20)14-6-5-7-19(8-14)18-17(26-13(4)23)16(25-12(3)22)15(27-18)9-24-11(2)21;/h5-8,15-18H,9H2,1-4H3;1H/q+1;/p-1/t15-,16?,17+,18-;/m1./s1. The third-order valence-corrected chi connectivity index (χ3v) is 3.86. The van der Waals surface area contributed by atoms with Crippen LogP contribution in [0.2, 0.25) is 0 Å². The van der Waals surface area contributed by atoms with Gasteiger partial charge in [0.25, 0.3) is 0 Å². The number of ketones is 1. The summed E-state index contributed by atoms with van der Waals surface area (Å²) in [4.78, 5) is 45.9. The van der Waals surface area contributed by atoms with E-state index in [4.69, 9.17) is 18.9 Å². The molecule has 0 spiro atoms. The van der Waals surface area contributed by atoms with E-state index in [0.717, 1.165) is 0 Å². The van der Waals surface area contributed by atoms with Gasteiger partial charge >= 0.3 is 24.1 Å². The molecule has 4 atom stereocenters. The molecule has 1 fully saturated rings. The van der Waals surface area contributed by atoms with Gasteiger partial charge in [0.1, 0.15) is 12.7 Å². The molecule has 0 radical (unpaired) electrons. The first-order chi connectivity index (χ1) is 12.7. The molecule has 154 valence electrons. The number of esters is 3. The van der Waals surface area contributed by atoms with E-state index < -0.39 is 42.4 Å². The van der Waals surface area contributed by atoms with Crippen LogP contribution < -0.4 is 17.0 Å². The number of pyridine rings is 1. The second-order valence-corrected chi connectivity index (χ2v) is 6.11. The molecule has 9 nitrogen and oxygen atoms in total. The van der Waals surface area contributed by atoms with Crippen LogP contribution in [-0.4, -0.2) is 48.6 Å². The van der Waals surface area contributed by atoms with E-state index >= 15 is 0 Å². The summed E-state index contributed by atoms with van der Waals surface area (Å²) in [5.41, 5.74) is 0.426. The van der Waals surface area contributed by atoms with Gasteiger partial charge in [0.2, 0.25) is 6.10 Å². The van der Waals surface area contributed by atoms with Crippen molar-refractivity contribution in [1.29, 1.82) is 0 Å². The molecule has 1 unspecified atom stereocenters. The topological polar surface area (TPSA) is 109 Å². The smallest absolute Gasteiger partial charge is 0.304 e. The first kappa shape index (κ1) is 23.5. The highest BCUT2D eigenvalue weighted by Gasteiger charge is 2.54. The highest BCUT2D eigenvalue weighted by atomic mass is 35.5. The van der Waals surface area contributed by atoms with Crippen molar-refractivity contribution in [2.45, 2.75) is 52.2 Å². The van der Waals surface area contributed by atoms with Crippen molar-refractivity contribution >= 4 is 23.7 Å². The quantitative estimate of drug-likeness (QED) is 0.217. The van der Waals surface area contributed by atoms with Crippen LogP contribution in [0.1, 0.15) is 44.3 Å². The van der Waals surface area contributed by atoms with Crippen molar-refractivity contribution in [2.24, 2.45) is 0 Å². The van der Waals surface area contributed by atoms with Crippen molar-refractivity contribution in [3.63, 3.8) is 0 Å². The summed E-state index contributed by atoms with van der Waals surface area (Å²) < 4.78 is 23.0. The van der Waals surface area contributed by atoms with E-state index in [1.165, 1.54) is 27.7 Å². The minimum atomic E-state index is -0.987. The molecule has 2 heterocycles. The van der Waals surface area contributed by atoms with E-state index in [2.05, 4.69) is 0 Å². The molecule has 1 aliphatic heterocycles. The Bertz CT molecular complexity index is 753. The maximum Gasteiger partial charge on any atom is 0.304 e. The lowest BCUT2D eigenvalue weighted by Gasteiger charge is -2.21. The number of hydrogen-bond acceptors (Lipinski definition) is 8. The number of aromatic nitrogens is 1. The zero-order valence-corrected chi connectivity index (χ0v) is 16.7. The van der Waals surface area contributed by atoms with Crippen molar-refractivity contribution in [1.82, 2.24) is 0 Å². The van der Waals surface area contributed by atoms with E-state index in [0.29, 0.717) is 5.56 Å². The largest absolute Gasteiger partial charge is 1.00 e. The third kappa shape index (κ3) is 6.00. The van der Waals surface area contributed by atoms with Gasteiger partial charge in [0.05, 0.1) is 5.56 Å². The summed E-state index contributed by atoms with van der Waals surface area (Å²) in [6.45, 7) is 4.91. The monoisotopic (exact) mass is 415 g/mol. The number of hydrogen-bond donors (Lipinski definition) is 0. The lowest BCUT2D eigenvalue weighted by molar-refractivity contribution is -0.765. The van der Waals surface area contributed by atoms with Crippen LogP contribution in [0.25, 0.3) is 0 Å².